The van der Waals surface area contributed by atoms with Crippen LogP contribution in [0.3, 0.4) is 0 Å². The van der Waals surface area contributed by atoms with Gasteiger partial charge in [0.25, 0.3) is 0 Å². The molecule has 1 aliphatic rings. The van der Waals surface area contributed by atoms with Gasteiger partial charge in [0.15, 0.2) is 5.82 Å². The molecule has 0 aliphatic carbocycles. The van der Waals surface area contributed by atoms with Crippen LogP contribution in [0.2, 0.25) is 0 Å². The number of H-pyrrole nitrogens is 1. The highest BCUT2D eigenvalue weighted by molar-refractivity contribution is 5.98. The van der Waals surface area contributed by atoms with Gasteiger partial charge in [-0.25, -0.2) is 0 Å². The van der Waals surface area contributed by atoms with E-state index < -0.39 is 0 Å². The average molecular weight is 244 g/mol. The molecule has 4 N–H and O–H groups in total. The Labute approximate surface area is 103 Å². The first-order chi connectivity index (χ1) is 8.75. The van der Waals surface area contributed by atoms with Crippen molar-refractivity contribution in [3.05, 3.63) is 36.0 Å². The van der Waals surface area contributed by atoms with E-state index in [0.29, 0.717) is 18.1 Å². The van der Waals surface area contributed by atoms with Crippen molar-refractivity contribution < 1.29 is 9.53 Å². The number of nitrogen functional groups attached to an aromatic ring is 1. The van der Waals surface area contributed by atoms with Gasteiger partial charge in [0.1, 0.15) is 18.3 Å². The molecule has 1 aromatic heterocycles. The molecular weight excluding hydrogens is 232 g/mol. The number of carbonyl (C=O) groups is 1. The summed E-state index contributed by atoms with van der Waals surface area (Å²) < 4.78 is 5.46. The second kappa shape index (κ2) is 4.06. The van der Waals surface area contributed by atoms with Gasteiger partial charge in [-0.15, -0.1) is 0 Å². The van der Waals surface area contributed by atoms with E-state index >= 15 is 0 Å². The molecule has 1 amide bonds. The summed E-state index contributed by atoms with van der Waals surface area (Å²) >= 11 is 0. The lowest BCUT2D eigenvalue weighted by atomic mass is 10.0. The number of nitrogens with two attached hydrogens (primary N) is 1. The third-order valence-corrected chi connectivity index (χ3v) is 2.93. The van der Waals surface area contributed by atoms with Gasteiger partial charge in [-0.3, -0.25) is 9.89 Å². The zero-order valence-corrected chi connectivity index (χ0v) is 9.51. The predicted molar refractivity (Wildman–Crippen MR) is 66.3 cm³/mol. The molecule has 0 spiro atoms. The number of anilines is 2. The van der Waals surface area contributed by atoms with Crippen molar-refractivity contribution in [1.82, 2.24) is 10.2 Å². The Bertz CT molecular complexity index is 593. The molecule has 2 aromatic rings. The fourth-order valence-corrected chi connectivity index (χ4v) is 1.99. The Morgan fingerprint density at radius 1 is 1.50 bits per heavy atom. The zero-order valence-electron chi connectivity index (χ0n) is 9.51. The number of rotatable bonds is 2. The quantitative estimate of drug-likeness (QED) is 0.737. The lowest BCUT2D eigenvalue weighted by Crippen LogP contribution is -2.22. The number of nitrogens with zero attached hydrogens (tertiary/aromatic N) is 1. The van der Waals surface area contributed by atoms with Crippen molar-refractivity contribution in [3.63, 3.8) is 0 Å². The maximum Gasteiger partial charge on any atom is 0.236 e. The van der Waals surface area contributed by atoms with Gasteiger partial charge in [0.05, 0.1) is 11.9 Å². The van der Waals surface area contributed by atoms with E-state index in [1.54, 1.807) is 0 Å². The molecule has 1 aliphatic heterocycles. The minimum atomic E-state index is -0.316. The van der Waals surface area contributed by atoms with Crippen LogP contribution < -0.4 is 15.8 Å². The fraction of sp³-hybridized carbons (Fsp3) is 0.167. The maximum absolute atomic E-state index is 12.1. The van der Waals surface area contributed by atoms with Gasteiger partial charge in [0, 0.05) is 5.56 Å². The number of hydrogen-bond acceptors (Lipinski definition) is 4. The SMILES string of the molecule is Nc1cn[nH]c1NC(=O)C1COc2ccccc21. The molecule has 2 heterocycles. The molecule has 0 saturated heterocycles. The van der Waals surface area contributed by atoms with E-state index in [0.717, 1.165) is 11.3 Å². The predicted octanol–water partition coefficient (Wildman–Crippen LogP) is 1.11. The van der Waals surface area contributed by atoms with Crippen LogP contribution in [0.25, 0.3) is 0 Å². The summed E-state index contributed by atoms with van der Waals surface area (Å²) in [7, 11) is 0. The largest absolute Gasteiger partial charge is 0.492 e. The monoisotopic (exact) mass is 244 g/mol. The normalized spacial score (nSPS) is 17.0. The highest BCUT2D eigenvalue weighted by Crippen LogP contribution is 2.34. The smallest absolute Gasteiger partial charge is 0.236 e. The topological polar surface area (TPSA) is 93.0 Å². The standard InChI is InChI=1S/C12H12N4O2/c13-9-5-14-16-11(9)15-12(17)8-6-18-10-4-2-1-3-7(8)10/h1-5,8H,6,13H2,(H2,14,15,16,17). The number of para-hydroxylation sites is 1. The Balaban J connectivity index is 1.81. The van der Waals surface area contributed by atoms with Crippen molar-refractivity contribution >= 4 is 17.4 Å². The summed E-state index contributed by atoms with van der Waals surface area (Å²) in [4.78, 5) is 12.1. The highest BCUT2D eigenvalue weighted by atomic mass is 16.5. The minimum absolute atomic E-state index is 0.157. The highest BCUT2D eigenvalue weighted by Gasteiger charge is 2.30. The molecule has 3 rings (SSSR count). The van der Waals surface area contributed by atoms with Crippen LogP contribution >= 0.6 is 0 Å². The molecule has 92 valence electrons. The summed E-state index contributed by atoms with van der Waals surface area (Å²) in [5.41, 5.74) is 6.95. The molecule has 1 atom stereocenters. The van der Waals surface area contributed by atoms with E-state index in [2.05, 4.69) is 15.5 Å². The number of carbonyl (C=O) groups excluding carboxylic acids is 1. The number of ether oxygens (including phenoxy) is 1. The number of nitrogens with one attached hydrogen (secondary N) is 2. The molecule has 6 heteroatoms. The van der Waals surface area contributed by atoms with Crippen LogP contribution in [0.5, 0.6) is 5.75 Å². The lowest BCUT2D eigenvalue weighted by molar-refractivity contribution is -0.117. The number of benzene rings is 1. The van der Waals surface area contributed by atoms with Gasteiger partial charge < -0.3 is 15.8 Å². The number of fused-ring (bicyclic) bond motifs is 1. The Hall–Kier alpha value is -2.50. The van der Waals surface area contributed by atoms with Crippen LogP contribution in [0.4, 0.5) is 11.5 Å². The molecule has 0 saturated carbocycles. The van der Waals surface area contributed by atoms with Crippen LogP contribution in [0.1, 0.15) is 11.5 Å². The Morgan fingerprint density at radius 2 is 2.33 bits per heavy atom. The van der Waals surface area contributed by atoms with E-state index in [9.17, 15) is 4.79 Å². The Morgan fingerprint density at radius 3 is 3.11 bits per heavy atom. The van der Waals surface area contributed by atoms with E-state index in [1.165, 1.54) is 6.20 Å². The van der Waals surface area contributed by atoms with Crippen molar-refractivity contribution in [2.24, 2.45) is 0 Å². The number of aromatic nitrogens is 2. The molecular formula is C12H12N4O2. The summed E-state index contributed by atoms with van der Waals surface area (Å²) in [6, 6.07) is 7.51. The number of hydrogen-bond donors (Lipinski definition) is 3. The van der Waals surface area contributed by atoms with Crippen LogP contribution in [0, 0.1) is 0 Å². The molecule has 18 heavy (non-hydrogen) atoms. The Kier molecular flexibility index (Phi) is 2.40. The van der Waals surface area contributed by atoms with Gasteiger partial charge in [-0.05, 0) is 6.07 Å². The molecule has 1 aromatic carbocycles. The zero-order chi connectivity index (χ0) is 12.5. The third kappa shape index (κ3) is 1.67. The van der Waals surface area contributed by atoms with Gasteiger partial charge in [-0.2, -0.15) is 5.10 Å². The van der Waals surface area contributed by atoms with Crippen molar-refractivity contribution in [2.75, 3.05) is 17.7 Å². The fourth-order valence-electron chi connectivity index (χ4n) is 1.99. The summed E-state index contributed by atoms with van der Waals surface area (Å²) in [6.07, 6.45) is 1.45. The first kappa shape index (κ1) is 10.6. The molecule has 6 nitrogen and oxygen atoms in total. The molecule has 0 radical (unpaired) electrons. The number of amides is 1. The van der Waals surface area contributed by atoms with E-state index in [-0.39, 0.29) is 11.8 Å². The maximum atomic E-state index is 12.1. The summed E-state index contributed by atoms with van der Waals surface area (Å²) in [5, 5.41) is 9.10. The van der Waals surface area contributed by atoms with Crippen molar-refractivity contribution in [3.8, 4) is 5.75 Å². The second-order valence-electron chi connectivity index (χ2n) is 4.09. The summed E-state index contributed by atoms with van der Waals surface area (Å²) in [5.74, 6) is 0.708. The number of aromatic amines is 1. The van der Waals surface area contributed by atoms with Gasteiger partial charge in [-0.1, -0.05) is 18.2 Å². The minimum Gasteiger partial charge on any atom is -0.492 e. The average Bonchev–Trinajstić information content (AvgIpc) is 2.96. The van der Waals surface area contributed by atoms with Crippen LogP contribution in [0.15, 0.2) is 30.5 Å². The first-order valence-electron chi connectivity index (χ1n) is 5.57. The van der Waals surface area contributed by atoms with Crippen LogP contribution in [-0.2, 0) is 4.79 Å². The molecule has 0 bridgehead atoms. The van der Waals surface area contributed by atoms with Crippen molar-refractivity contribution in [2.45, 2.75) is 5.92 Å². The lowest BCUT2D eigenvalue weighted by Gasteiger charge is -2.09. The van der Waals surface area contributed by atoms with Gasteiger partial charge >= 0.3 is 0 Å². The molecule has 0 fully saturated rings. The van der Waals surface area contributed by atoms with Crippen LogP contribution in [-0.4, -0.2) is 22.7 Å². The van der Waals surface area contributed by atoms with E-state index in [4.69, 9.17) is 10.5 Å². The third-order valence-electron chi connectivity index (χ3n) is 2.93. The van der Waals surface area contributed by atoms with Gasteiger partial charge in [0.2, 0.25) is 5.91 Å². The molecule has 1 unspecified atom stereocenters. The van der Waals surface area contributed by atoms with E-state index in [1.807, 2.05) is 24.3 Å². The van der Waals surface area contributed by atoms with Crippen molar-refractivity contribution in [1.29, 1.82) is 0 Å². The second-order valence-corrected chi connectivity index (χ2v) is 4.09. The first-order valence-corrected chi connectivity index (χ1v) is 5.57. The summed E-state index contributed by atoms with van der Waals surface area (Å²) in [6.45, 7) is 0.346.